The van der Waals surface area contributed by atoms with Crippen LogP contribution < -0.4 is 5.32 Å². The van der Waals surface area contributed by atoms with Crippen LogP contribution in [0.4, 0.5) is 0 Å². The fraction of sp³-hybridized carbons (Fsp3) is 0.622. The van der Waals surface area contributed by atoms with E-state index < -0.39 is 0 Å². The van der Waals surface area contributed by atoms with Crippen molar-refractivity contribution < 1.29 is 9.59 Å². The van der Waals surface area contributed by atoms with Crippen LogP contribution in [0.3, 0.4) is 0 Å². The first-order valence-corrected chi connectivity index (χ1v) is 18.1. The van der Waals surface area contributed by atoms with Gasteiger partial charge in [0.25, 0.3) is 0 Å². The number of aromatic amines is 1. The summed E-state index contributed by atoms with van der Waals surface area (Å²) in [5.74, 6) is 1.48. The fourth-order valence-corrected chi connectivity index (χ4v) is 9.99. The van der Waals surface area contributed by atoms with Crippen molar-refractivity contribution in [2.45, 2.75) is 77.7 Å². The molecule has 2 aromatic heterocycles. The molecule has 3 saturated heterocycles. The highest BCUT2D eigenvalue weighted by atomic mass is 32.1. The number of likely N-dealkylation sites (tertiary alicyclic amines) is 1. The Labute approximate surface area is 272 Å². The van der Waals surface area contributed by atoms with Gasteiger partial charge in [0, 0.05) is 60.9 Å². The van der Waals surface area contributed by atoms with E-state index in [1.54, 1.807) is 0 Å². The molecule has 3 atom stereocenters. The monoisotopic (exact) mass is 629 g/mol. The number of amides is 2. The van der Waals surface area contributed by atoms with Crippen LogP contribution in [-0.2, 0) is 21.4 Å². The molecule has 0 spiro atoms. The molecule has 3 unspecified atom stereocenters. The topological polar surface area (TPSA) is 71.7 Å². The van der Waals surface area contributed by atoms with Gasteiger partial charge in [-0.3, -0.25) is 9.59 Å². The first-order valence-electron chi connectivity index (χ1n) is 17.3. The fourth-order valence-electron chi connectivity index (χ4n) is 8.79. The van der Waals surface area contributed by atoms with E-state index in [1.807, 2.05) is 11.3 Å². The minimum atomic E-state index is 0.0118. The van der Waals surface area contributed by atoms with Gasteiger partial charge in [0.2, 0.25) is 11.8 Å². The molecule has 7 rings (SSSR count). The molecule has 4 aliphatic rings. The highest BCUT2D eigenvalue weighted by Crippen LogP contribution is 2.48. The highest BCUT2D eigenvalue weighted by Gasteiger charge is 2.49. The molecule has 2 N–H and O–H groups in total. The molecule has 5 heterocycles. The number of carbonyl (C=O) groups excluding carboxylic acids is 2. The number of hydrogen-bond acceptors (Lipinski definition) is 5. The largest absolute Gasteiger partial charge is 0.353 e. The van der Waals surface area contributed by atoms with Crippen LogP contribution in [0, 0.1) is 31.6 Å². The molecule has 2 amide bonds. The molecule has 4 fully saturated rings. The second kappa shape index (κ2) is 12.2. The lowest BCUT2D eigenvalue weighted by molar-refractivity contribution is -0.138. The van der Waals surface area contributed by atoms with Gasteiger partial charge in [0.05, 0.1) is 5.69 Å². The van der Waals surface area contributed by atoms with Crippen LogP contribution in [-0.4, -0.2) is 90.4 Å². The molecular weight excluding hydrogens is 579 g/mol. The zero-order valence-corrected chi connectivity index (χ0v) is 28.7. The van der Waals surface area contributed by atoms with Crippen molar-refractivity contribution in [1.29, 1.82) is 0 Å². The van der Waals surface area contributed by atoms with Crippen molar-refractivity contribution in [3.05, 3.63) is 45.8 Å². The lowest BCUT2D eigenvalue weighted by Crippen LogP contribution is -2.50. The van der Waals surface area contributed by atoms with Gasteiger partial charge in [-0.2, -0.15) is 0 Å². The standard InChI is InChI=1S/C37H51N5O2S/c1-23-18-24(2)20-26(19-23)33-27(10-13-41-11-8-25(9-12-41)36(44)42-16-14-40(5)15-17-42)29-21-32(45-35(29)39-33)37(3,4)22-30-28-6-7-31(30)38-34(28)43/h18-21,25,28,30-31,39H,6-17,22H2,1-5H3,(H,38,43). The number of fused-ring (bicyclic) bond motifs is 3. The Morgan fingerprint density at radius 2 is 1.67 bits per heavy atom. The van der Waals surface area contributed by atoms with Crippen LogP contribution in [0.2, 0.25) is 0 Å². The van der Waals surface area contributed by atoms with Crippen LogP contribution in [0.1, 0.15) is 67.5 Å². The van der Waals surface area contributed by atoms with Gasteiger partial charge in [-0.05, 0) is 113 Å². The molecule has 3 aliphatic heterocycles. The average molecular weight is 630 g/mol. The normalized spacial score (nSPS) is 25.0. The number of piperazine rings is 1. The third-order valence-electron chi connectivity index (χ3n) is 11.4. The van der Waals surface area contributed by atoms with Gasteiger partial charge in [-0.1, -0.05) is 31.0 Å². The number of benzene rings is 1. The summed E-state index contributed by atoms with van der Waals surface area (Å²) < 4.78 is 0. The zero-order valence-electron chi connectivity index (χ0n) is 27.9. The molecule has 1 aromatic carbocycles. The van der Waals surface area contributed by atoms with E-state index in [4.69, 9.17) is 0 Å². The summed E-state index contributed by atoms with van der Waals surface area (Å²) in [6.45, 7) is 15.8. The minimum Gasteiger partial charge on any atom is -0.353 e. The average Bonchev–Trinajstić information content (AvgIpc) is 3.75. The van der Waals surface area contributed by atoms with Crippen molar-refractivity contribution in [3.63, 3.8) is 0 Å². The minimum absolute atomic E-state index is 0.0118. The van der Waals surface area contributed by atoms with Crippen LogP contribution in [0.25, 0.3) is 21.5 Å². The lowest BCUT2D eigenvalue weighted by Gasteiger charge is -2.37. The first-order chi connectivity index (χ1) is 21.6. The van der Waals surface area contributed by atoms with E-state index in [0.717, 1.165) is 84.3 Å². The zero-order chi connectivity index (χ0) is 31.5. The molecular formula is C37H51N5O2S. The van der Waals surface area contributed by atoms with E-state index >= 15 is 0 Å². The summed E-state index contributed by atoms with van der Waals surface area (Å²) in [5, 5.41) is 4.61. The summed E-state index contributed by atoms with van der Waals surface area (Å²) in [6.07, 6.45) is 6.15. The number of nitrogens with zero attached hydrogens (tertiary/aromatic N) is 3. The quantitative estimate of drug-likeness (QED) is 0.334. The molecule has 1 aliphatic carbocycles. The lowest BCUT2D eigenvalue weighted by atomic mass is 9.78. The van der Waals surface area contributed by atoms with Crippen LogP contribution in [0.15, 0.2) is 24.3 Å². The second-order valence-corrected chi connectivity index (χ2v) is 16.3. The molecule has 7 nitrogen and oxygen atoms in total. The van der Waals surface area contributed by atoms with Crippen molar-refractivity contribution >= 4 is 33.4 Å². The Bertz CT molecular complexity index is 1550. The molecule has 242 valence electrons. The molecule has 3 aromatic rings. The number of rotatable bonds is 8. The Kier molecular flexibility index (Phi) is 8.36. The Hall–Kier alpha value is -2.68. The maximum Gasteiger partial charge on any atom is 0.225 e. The summed E-state index contributed by atoms with van der Waals surface area (Å²) in [4.78, 5) is 39.2. The van der Waals surface area contributed by atoms with Crippen molar-refractivity contribution in [2.75, 3.05) is 52.9 Å². The number of carbonyl (C=O) groups is 2. The number of likely N-dealkylation sites (N-methyl/N-ethyl adjacent to an activating group) is 1. The molecule has 2 bridgehead atoms. The maximum atomic E-state index is 13.2. The molecule has 8 heteroatoms. The Morgan fingerprint density at radius 3 is 2.31 bits per heavy atom. The summed E-state index contributed by atoms with van der Waals surface area (Å²) in [7, 11) is 2.14. The van der Waals surface area contributed by atoms with Gasteiger partial charge in [-0.15, -0.1) is 11.3 Å². The van der Waals surface area contributed by atoms with Crippen molar-refractivity contribution in [1.82, 2.24) is 25.0 Å². The number of aryl methyl sites for hydroxylation is 2. The van der Waals surface area contributed by atoms with Gasteiger partial charge in [0.15, 0.2) is 0 Å². The van der Waals surface area contributed by atoms with Crippen molar-refractivity contribution in [2.24, 2.45) is 17.8 Å². The van der Waals surface area contributed by atoms with E-state index in [1.165, 1.54) is 43.0 Å². The molecule has 45 heavy (non-hydrogen) atoms. The third-order valence-corrected chi connectivity index (χ3v) is 12.9. The smallest absolute Gasteiger partial charge is 0.225 e. The maximum absolute atomic E-state index is 13.2. The number of piperidine rings is 2. The van der Waals surface area contributed by atoms with Gasteiger partial charge in [0.1, 0.15) is 4.83 Å². The second-order valence-electron chi connectivity index (χ2n) is 15.3. The summed E-state index contributed by atoms with van der Waals surface area (Å²) in [5.41, 5.74) is 6.54. The molecule has 1 saturated carbocycles. The number of hydrogen-bond donors (Lipinski definition) is 2. The Morgan fingerprint density at radius 1 is 0.956 bits per heavy atom. The number of H-pyrrole nitrogens is 1. The molecule has 0 radical (unpaired) electrons. The SMILES string of the molecule is Cc1cc(C)cc(-c2[nH]c3sc(C(C)(C)CC4C5CCC4C(=O)N5)cc3c2CCN2CCC(C(=O)N3CCN(C)CC3)CC2)c1. The van der Waals surface area contributed by atoms with E-state index in [-0.39, 0.29) is 23.2 Å². The predicted octanol–water partition coefficient (Wildman–Crippen LogP) is 5.73. The van der Waals surface area contributed by atoms with E-state index in [2.05, 4.69) is 84.0 Å². The van der Waals surface area contributed by atoms with E-state index in [0.29, 0.717) is 17.9 Å². The van der Waals surface area contributed by atoms with Gasteiger partial charge >= 0.3 is 0 Å². The van der Waals surface area contributed by atoms with Crippen LogP contribution in [0.5, 0.6) is 0 Å². The highest BCUT2D eigenvalue weighted by molar-refractivity contribution is 7.18. The summed E-state index contributed by atoms with van der Waals surface area (Å²) in [6, 6.07) is 9.70. The number of aromatic nitrogens is 1. The van der Waals surface area contributed by atoms with Crippen LogP contribution >= 0.6 is 11.3 Å². The van der Waals surface area contributed by atoms with Gasteiger partial charge in [-0.25, -0.2) is 0 Å². The summed E-state index contributed by atoms with van der Waals surface area (Å²) >= 11 is 1.91. The van der Waals surface area contributed by atoms with E-state index in [9.17, 15) is 9.59 Å². The number of thiophene rings is 1. The van der Waals surface area contributed by atoms with Gasteiger partial charge < -0.3 is 25.0 Å². The Balaban J connectivity index is 1.09. The first kappa shape index (κ1) is 30.9. The number of nitrogens with one attached hydrogen (secondary N) is 2. The predicted molar refractivity (Wildman–Crippen MR) is 184 cm³/mol. The van der Waals surface area contributed by atoms with Crippen molar-refractivity contribution in [3.8, 4) is 11.3 Å². The third kappa shape index (κ3) is 6.10.